The highest BCUT2D eigenvalue weighted by atomic mass is 16.5. The highest BCUT2D eigenvalue weighted by Crippen LogP contribution is 2.42. The van der Waals surface area contributed by atoms with E-state index in [9.17, 15) is 4.79 Å². The van der Waals surface area contributed by atoms with Gasteiger partial charge in [-0.3, -0.25) is 9.89 Å². The zero-order chi connectivity index (χ0) is 13.9. The number of nitrogens with one attached hydrogen (secondary N) is 2. The summed E-state index contributed by atoms with van der Waals surface area (Å²) in [5.41, 5.74) is 1.28. The maximum Gasteiger partial charge on any atom is 0.229 e. The van der Waals surface area contributed by atoms with E-state index in [2.05, 4.69) is 27.6 Å². The molecule has 0 spiro atoms. The summed E-state index contributed by atoms with van der Waals surface area (Å²) < 4.78 is 5.10. The van der Waals surface area contributed by atoms with E-state index >= 15 is 0 Å². The number of H-pyrrole nitrogens is 1. The van der Waals surface area contributed by atoms with Crippen LogP contribution in [-0.4, -0.2) is 23.2 Å². The Hall–Kier alpha value is -2.30. The van der Waals surface area contributed by atoms with Crippen molar-refractivity contribution in [2.45, 2.75) is 12.8 Å². The fourth-order valence-electron chi connectivity index (χ4n) is 2.45. The molecule has 1 aliphatic rings. The van der Waals surface area contributed by atoms with Crippen LogP contribution in [0.2, 0.25) is 0 Å². The molecule has 1 aromatic heterocycles. The van der Waals surface area contributed by atoms with Gasteiger partial charge in [-0.15, -0.1) is 0 Å². The summed E-state index contributed by atoms with van der Waals surface area (Å²) in [4.78, 5) is 12.1. The third-order valence-electron chi connectivity index (χ3n) is 3.67. The number of benzene rings is 1. The van der Waals surface area contributed by atoms with Crippen molar-refractivity contribution in [3.8, 4) is 5.75 Å². The number of anilines is 1. The van der Waals surface area contributed by atoms with Crippen molar-refractivity contribution in [2.24, 2.45) is 11.8 Å². The van der Waals surface area contributed by atoms with Gasteiger partial charge in [0.15, 0.2) is 11.6 Å². The van der Waals surface area contributed by atoms with Crippen molar-refractivity contribution < 1.29 is 9.53 Å². The molecule has 5 heteroatoms. The Labute approximate surface area is 117 Å². The van der Waals surface area contributed by atoms with Gasteiger partial charge in [0.05, 0.1) is 13.3 Å². The second-order valence-electron chi connectivity index (χ2n) is 5.09. The van der Waals surface area contributed by atoms with Crippen molar-refractivity contribution in [1.82, 2.24) is 10.2 Å². The number of hydrogen-bond donors (Lipinski definition) is 2. The molecule has 0 radical (unpaired) electrons. The van der Waals surface area contributed by atoms with Crippen molar-refractivity contribution >= 4 is 11.7 Å². The van der Waals surface area contributed by atoms with Gasteiger partial charge in [0.1, 0.15) is 0 Å². The molecule has 1 amide bonds. The predicted octanol–water partition coefficient (Wildman–Crippen LogP) is 2.24. The summed E-state index contributed by atoms with van der Waals surface area (Å²) in [5, 5.41) is 9.41. The molecule has 0 aliphatic heterocycles. The van der Waals surface area contributed by atoms with Crippen molar-refractivity contribution in [3.63, 3.8) is 0 Å². The highest BCUT2D eigenvalue weighted by Gasteiger charge is 2.42. The smallest absolute Gasteiger partial charge is 0.229 e. The average molecular weight is 271 g/mol. The van der Waals surface area contributed by atoms with Crippen LogP contribution in [0.5, 0.6) is 5.75 Å². The van der Waals surface area contributed by atoms with Crippen LogP contribution in [-0.2, 0) is 11.2 Å². The van der Waals surface area contributed by atoms with E-state index in [0.717, 1.165) is 12.8 Å². The average Bonchev–Trinajstić information content (AvgIpc) is 3.09. The molecule has 2 atom stereocenters. The van der Waals surface area contributed by atoms with E-state index in [0.29, 0.717) is 17.5 Å². The maximum absolute atomic E-state index is 12.1. The van der Waals surface area contributed by atoms with E-state index in [1.54, 1.807) is 13.3 Å². The first-order valence-electron chi connectivity index (χ1n) is 6.70. The van der Waals surface area contributed by atoms with Gasteiger partial charge in [0.25, 0.3) is 0 Å². The lowest BCUT2D eigenvalue weighted by Crippen LogP contribution is -2.16. The normalized spacial score (nSPS) is 20.4. The van der Waals surface area contributed by atoms with Gasteiger partial charge in [-0.1, -0.05) is 30.3 Å². The first-order chi connectivity index (χ1) is 9.78. The third-order valence-corrected chi connectivity index (χ3v) is 3.67. The van der Waals surface area contributed by atoms with E-state index < -0.39 is 0 Å². The fourth-order valence-corrected chi connectivity index (χ4v) is 2.45. The Morgan fingerprint density at radius 1 is 1.45 bits per heavy atom. The zero-order valence-corrected chi connectivity index (χ0v) is 11.3. The molecule has 104 valence electrons. The molecule has 2 N–H and O–H groups in total. The Morgan fingerprint density at radius 3 is 3.00 bits per heavy atom. The third kappa shape index (κ3) is 2.66. The number of nitrogens with zero attached hydrogens (tertiary/aromatic N) is 1. The summed E-state index contributed by atoms with van der Waals surface area (Å²) in [5.74, 6) is 1.64. The van der Waals surface area contributed by atoms with Gasteiger partial charge < -0.3 is 10.1 Å². The number of hydrogen-bond acceptors (Lipinski definition) is 3. The highest BCUT2D eigenvalue weighted by molar-refractivity contribution is 5.94. The molecule has 1 aromatic carbocycles. The minimum Gasteiger partial charge on any atom is -0.491 e. The van der Waals surface area contributed by atoms with Crippen LogP contribution in [0.25, 0.3) is 0 Å². The number of amides is 1. The standard InChI is InChI=1S/C15H17N3O2/c1-20-13-9-16-18-14(13)17-15(19)12-8-11(12)7-10-5-3-2-4-6-10/h2-6,9,11-12H,7-8H2,1H3,(H2,16,17,18,19). The minimum atomic E-state index is 0.0356. The van der Waals surface area contributed by atoms with Crippen LogP contribution >= 0.6 is 0 Å². The Kier molecular flexibility index (Phi) is 3.41. The molecule has 2 unspecified atom stereocenters. The van der Waals surface area contributed by atoms with Crippen LogP contribution in [0.15, 0.2) is 36.5 Å². The number of aromatic amines is 1. The van der Waals surface area contributed by atoms with Gasteiger partial charge in [-0.05, 0) is 24.3 Å². The summed E-state index contributed by atoms with van der Waals surface area (Å²) in [6.07, 6.45) is 3.44. The van der Waals surface area contributed by atoms with Gasteiger partial charge in [0, 0.05) is 5.92 Å². The second-order valence-corrected chi connectivity index (χ2v) is 5.09. The molecule has 3 rings (SSSR count). The minimum absolute atomic E-state index is 0.0356. The largest absolute Gasteiger partial charge is 0.491 e. The molecule has 1 heterocycles. The van der Waals surface area contributed by atoms with Crippen LogP contribution < -0.4 is 10.1 Å². The molecule has 0 saturated heterocycles. The molecule has 5 nitrogen and oxygen atoms in total. The van der Waals surface area contributed by atoms with E-state index in [4.69, 9.17) is 4.74 Å². The van der Waals surface area contributed by atoms with E-state index in [-0.39, 0.29) is 11.8 Å². The molecule has 1 aliphatic carbocycles. The number of methoxy groups -OCH3 is 1. The fraction of sp³-hybridized carbons (Fsp3) is 0.333. The lowest BCUT2D eigenvalue weighted by atomic mass is 10.1. The van der Waals surface area contributed by atoms with Crippen LogP contribution in [0.3, 0.4) is 0 Å². The zero-order valence-electron chi connectivity index (χ0n) is 11.3. The van der Waals surface area contributed by atoms with Gasteiger partial charge in [-0.25, -0.2) is 0 Å². The molecular formula is C15H17N3O2. The van der Waals surface area contributed by atoms with E-state index in [1.807, 2.05) is 18.2 Å². The van der Waals surface area contributed by atoms with Gasteiger partial charge in [0.2, 0.25) is 5.91 Å². The predicted molar refractivity (Wildman–Crippen MR) is 75.5 cm³/mol. The number of carbonyl (C=O) groups is 1. The summed E-state index contributed by atoms with van der Waals surface area (Å²) in [7, 11) is 1.55. The van der Waals surface area contributed by atoms with E-state index in [1.165, 1.54) is 5.56 Å². The van der Waals surface area contributed by atoms with Crippen molar-refractivity contribution in [2.75, 3.05) is 12.4 Å². The Balaban J connectivity index is 1.55. The summed E-state index contributed by atoms with van der Waals surface area (Å²) >= 11 is 0. The lowest BCUT2D eigenvalue weighted by molar-refractivity contribution is -0.117. The Morgan fingerprint density at radius 2 is 2.25 bits per heavy atom. The monoisotopic (exact) mass is 271 g/mol. The number of carbonyl (C=O) groups excluding carboxylic acids is 1. The number of rotatable bonds is 5. The van der Waals surface area contributed by atoms with Crippen molar-refractivity contribution in [1.29, 1.82) is 0 Å². The topological polar surface area (TPSA) is 67.0 Å². The summed E-state index contributed by atoms with van der Waals surface area (Å²) in [6, 6.07) is 10.3. The number of aromatic nitrogens is 2. The van der Waals surface area contributed by atoms with Gasteiger partial charge >= 0.3 is 0 Å². The molecule has 2 aromatic rings. The molecule has 20 heavy (non-hydrogen) atoms. The van der Waals surface area contributed by atoms with Crippen LogP contribution in [0.1, 0.15) is 12.0 Å². The number of ether oxygens (including phenoxy) is 1. The van der Waals surface area contributed by atoms with Crippen molar-refractivity contribution in [3.05, 3.63) is 42.1 Å². The maximum atomic E-state index is 12.1. The molecule has 1 saturated carbocycles. The first-order valence-corrected chi connectivity index (χ1v) is 6.70. The first kappa shape index (κ1) is 12.7. The lowest BCUT2D eigenvalue weighted by Gasteiger charge is -2.04. The summed E-state index contributed by atoms with van der Waals surface area (Å²) in [6.45, 7) is 0. The molecular weight excluding hydrogens is 254 g/mol. The molecule has 0 bridgehead atoms. The SMILES string of the molecule is COc1cn[nH]c1NC(=O)C1CC1Cc1ccccc1. The molecule has 1 fully saturated rings. The van der Waals surface area contributed by atoms with Gasteiger partial charge in [-0.2, -0.15) is 5.10 Å². The second kappa shape index (κ2) is 5.36. The Bertz CT molecular complexity index is 594. The van der Waals surface area contributed by atoms with Crippen LogP contribution in [0, 0.1) is 11.8 Å². The van der Waals surface area contributed by atoms with Crippen LogP contribution in [0.4, 0.5) is 5.82 Å². The quantitative estimate of drug-likeness (QED) is 0.876.